The molecule has 1 aromatic carbocycles. The Morgan fingerprint density at radius 2 is 2.33 bits per heavy atom. The Hall–Kier alpha value is -1.23. The Kier molecular flexibility index (Phi) is 1.47. The predicted octanol–water partition coefficient (Wildman–Crippen LogP) is 1.06. The lowest BCUT2D eigenvalue weighted by Gasteiger charge is -1.93. The van der Waals surface area contributed by atoms with Gasteiger partial charge in [-0.3, -0.25) is 4.63 Å². The van der Waals surface area contributed by atoms with Gasteiger partial charge in [-0.15, -0.1) is 12.6 Å². The van der Waals surface area contributed by atoms with Crippen LogP contribution in [0, 0.1) is 12.1 Å². The summed E-state index contributed by atoms with van der Waals surface area (Å²) in [6, 6.07) is 3.46. The minimum absolute atomic E-state index is 0.370. The van der Waals surface area contributed by atoms with Gasteiger partial charge in [0, 0.05) is 5.16 Å². The van der Waals surface area contributed by atoms with E-state index in [0.717, 1.165) is 5.56 Å². The van der Waals surface area contributed by atoms with Crippen LogP contribution in [0.2, 0.25) is 0 Å². The second-order valence-corrected chi connectivity index (χ2v) is 2.98. The van der Waals surface area contributed by atoms with E-state index in [1.165, 1.54) is 0 Å². The smallest absolute Gasteiger partial charge is 0.262 e. The van der Waals surface area contributed by atoms with Crippen molar-refractivity contribution in [1.29, 1.82) is 0 Å². The molecule has 0 radical (unpaired) electrons. The van der Waals surface area contributed by atoms with Crippen molar-refractivity contribution >= 4 is 23.7 Å². The third-order valence-corrected chi connectivity index (χ3v) is 2.30. The molecule has 0 saturated carbocycles. The van der Waals surface area contributed by atoms with Gasteiger partial charge in [-0.25, -0.2) is 0 Å². The number of hydrogen-bond donors (Lipinski definition) is 1. The molecule has 1 aromatic heterocycles. The van der Waals surface area contributed by atoms with Crippen molar-refractivity contribution in [3.8, 4) is 0 Å². The van der Waals surface area contributed by atoms with Gasteiger partial charge in [0.05, 0.1) is 4.90 Å². The summed E-state index contributed by atoms with van der Waals surface area (Å²) in [6.07, 6.45) is 0. The summed E-state index contributed by atoms with van der Waals surface area (Å²) in [5.41, 5.74) is 1.89. The van der Waals surface area contributed by atoms with Gasteiger partial charge in [0.15, 0.2) is 0 Å². The second kappa shape index (κ2) is 2.38. The van der Waals surface area contributed by atoms with Gasteiger partial charge in [-0.05, 0) is 23.5 Å². The van der Waals surface area contributed by atoms with Crippen LogP contribution in [0.3, 0.4) is 0 Å². The summed E-state index contributed by atoms with van der Waals surface area (Å²) < 4.78 is 4.41. The predicted molar refractivity (Wildman–Crippen MR) is 45.0 cm³/mol. The number of nitrogens with zero attached hydrogens (tertiary/aromatic N) is 2. The highest BCUT2D eigenvalue weighted by molar-refractivity contribution is 7.80. The van der Waals surface area contributed by atoms with Gasteiger partial charge in [0.25, 0.3) is 5.52 Å². The van der Waals surface area contributed by atoms with E-state index in [2.05, 4.69) is 22.4 Å². The SMILES string of the molecule is Cc1ccc2c(no[n+]2[O-])c1S. The molecule has 0 fully saturated rings. The molecule has 0 atom stereocenters. The summed E-state index contributed by atoms with van der Waals surface area (Å²) in [7, 11) is 0. The first-order chi connectivity index (χ1) is 5.70. The van der Waals surface area contributed by atoms with Crippen molar-refractivity contribution in [2.75, 3.05) is 0 Å². The number of benzene rings is 1. The number of aromatic nitrogens is 2. The van der Waals surface area contributed by atoms with Gasteiger partial charge >= 0.3 is 0 Å². The van der Waals surface area contributed by atoms with Crippen molar-refractivity contribution in [2.45, 2.75) is 11.8 Å². The van der Waals surface area contributed by atoms with E-state index in [9.17, 15) is 5.21 Å². The van der Waals surface area contributed by atoms with E-state index in [1.807, 2.05) is 6.92 Å². The Morgan fingerprint density at radius 3 is 3.08 bits per heavy atom. The largest absolute Gasteiger partial charge is 0.359 e. The van der Waals surface area contributed by atoms with Gasteiger partial charge in [-0.1, -0.05) is 6.07 Å². The van der Waals surface area contributed by atoms with Crippen LogP contribution >= 0.6 is 12.6 Å². The fraction of sp³-hybridized carbons (Fsp3) is 0.143. The van der Waals surface area contributed by atoms with Crippen LogP contribution in [-0.2, 0) is 0 Å². The standard InChI is InChI=1S/C7H6N2O2S/c1-4-2-3-5-6(7(4)12)8-11-9(5)10/h2-3,12H,1H3. The number of aryl methyl sites for hydroxylation is 1. The molecule has 0 aliphatic carbocycles. The molecule has 2 rings (SSSR count). The molecule has 62 valence electrons. The van der Waals surface area contributed by atoms with E-state index < -0.39 is 0 Å². The number of rotatable bonds is 0. The first-order valence-electron chi connectivity index (χ1n) is 3.38. The molecule has 5 heteroatoms. The van der Waals surface area contributed by atoms with Crippen LogP contribution in [0.15, 0.2) is 21.7 Å². The van der Waals surface area contributed by atoms with Gasteiger partial charge in [0.2, 0.25) is 5.52 Å². The number of fused-ring (bicyclic) bond motifs is 1. The third kappa shape index (κ3) is 0.863. The lowest BCUT2D eigenvalue weighted by atomic mass is 10.2. The maximum Gasteiger partial charge on any atom is 0.262 e. The van der Waals surface area contributed by atoms with E-state index in [0.29, 0.717) is 20.8 Å². The molecule has 0 bridgehead atoms. The lowest BCUT2D eigenvalue weighted by molar-refractivity contribution is -0.782. The molecular weight excluding hydrogens is 176 g/mol. The van der Waals surface area contributed by atoms with Crippen molar-refractivity contribution in [3.63, 3.8) is 0 Å². The maximum absolute atomic E-state index is 10.9. The molecule has 12 heavy (non-hydrogen) atoms. The summed E-state index contributed by atoms with van der Waals surface area (Å²) in [5, 5.41) is 14.5. The van der Waals surface area contributed by atoms with Crippen LogP contribution in [0.4, 0.5) is 0 Å². The summed E-state index contributed by atoms with van der Waals surface area (Å²) in [5.74, 6) is 0. The molecule has 0 unspecified atom stereocenters. The van der Waals surface area contributed by atoms with E-state index in [4.69, 9.17) is 0 Å². The zero-order valence-electron chi connectivity index (χ0n) is 6.31. The Balaban J connectivity index is 2.93. The summed E-state index contributed by atoms with van der Waals surface area (Å²) in [6.45, 7) is 1.89. The van der Waals surface area contributed by atoms with E-state index in [-0.39, 0.29) is 0 Å². The highest BCUT2D eigenvalue weighted by Gasteiger charge is 2.13. The molecule has 4 nitrogen and oxygen atoms in total. The Morgan fingerprint density at radius 1 is 1.58 bits per heavy atom. The molecule has 0 saturated heterocycles. The molecule has 0 aliphatic rings. The van der Waals surface area contributed by atoms with Crippen LogP contribution < -0.4 is 4.90 Å². The maximum atomic E-state index is 10.9. The second-order valence-electron chi connectivity index (χ2n) is 2.53. The summed E-state index contributed by atoms with van der Waals surface area (Å²) >= 11 is 4.20. The molecular formula is C7H6N2O2S. The molecule has 0 aliphatic heterocycles. The van der Waals surface area contributed by atoms with Crippen LogP contribution in [-0.4, -0.2) is 5.16 Å². The average molecular weight is 182 g/mol. The van der Waals surface area contributed by atoms with Crippen molar-refractivity contribution in [2.24, 2.45) is 0 Å². The highest BCUT2D eigenvalue weighted by atomic mass is 32.1. The van der Waals surface area contributed by atoms with Crippen molar-refractivity contribution in [1.82, 2.24) is 5.16 Å². The van der Waals surface area contributed by atoms with Gasteiger partial charge < -0.3 is 5.21 Å². The quantitative estimate of drug-likeness (QED) is 0.489. The van der Waals surface area contributed by atoms with Crippen LogP contribution in [0.25, 0.3) is 11.0 Å². The zero-order valence-corrected chi connectivity index (χ0v) is 7.21. The number of thiol groups is 1. The van der Waals surface area contributed by atoms with E-state index in [1.54, 1.807) is 12.1 Å². The number of hydrogen-bond acceptors (Lipinski definition) is 4. The Labute approximate surface area is 73.7 Å². The minimum Gasteiger partial charge on any atom is -0.359 e. The summed E-state index contributed by atoms with van der Waals surface area (Å²) in [4.78, 5) is 1.06. The first-order valence-corrected chi connectivity index (χ1v) is 3.83. The molecule has 0 amide bonds. The minimum atomic E-state index is 0.370. The van der Waals surface area contributed by atoms with Crippen molar-refractivity contribution < 1.29 is 9.53 Å². The average Bonchev–Trinajstić information content (AvgIpc) is 2.41. The lowest BCUT2D eigenvalue weighted by Crippen LogP contribution is -2.22. The Bertz CT molecular complexity index is 438. The molecule has 1 heterocycles. The monoisotopic (exact) mass is 182 g/mol. The fourth-order valence-corrected chi connectivity index (χ4v) is 1.26. The van der Waals surface area contributed by atoms with Crippen molar-refractivity contribution in [3.05, 3.63) is 22.9 Å². The highest BCUT2D eigenvalue weighted by Crippen LogP contribution is 2.20. The molecule has 0 spiro atoms. The van der Waals surface area contributed by atoms with Gasteiger partial charge in [-0.2, -0.15) is 0 Å². The zero-order chi connectivity index (χ0) is 8.72. The van der Waals surface area contributed by atoms with Gasteiger partial charge in [0.1, 0.15) is 0 Å². The fourth-order valence-electron chi connectivity index (χ4n) is 1.03. The topological polar surface area (TPSA) is 53.0 Å². The third-order valence-electron chi connectivity index (χ3n) is 1.73. The van der Waals surface area contributed by atoms with Crippen LogP contribution in [0.1, 0.15) is 5.56 Å². The molecule has 0 N–H and O–H groups in total. The van der Waals surface area contributed by atoms with E-state index >= 15 is 0 Å². The molecule has 2 aromatic rings. The van der Waals surface area contributed by atoms with Crippen LogP contribution in [0.5, 0.6) is 0 Å². The first kappa shape index (κ1) is 7.42. The normalized spacial score (nSPS) is 10.8.